The molecular weight excluding hydrogens is 314 g/mol. The molecule has 1 unspecified atom stereocenters. The molecule has 1 heterocycles. The molecule has 0 saturated heterocycles. The lowest BCUT2D eigenvalue weighted by molar-refractivity contribution is 0.121. The minimum absolute atomic E-state index is 0.355. The first-order valence-corrected chi connectivity index (χ1v) is 8.04. The van der Waals surface area contributed by atoms with E-state index in [-0.39, 0.29) is 6.10 Å². The number of carbonyl (C=O) groups excluding carboxylic acids is 1. The molecule has 0 aliphatic carbocycles. The lowest BCUT2D eigenvalue weighted by Gasteiger charge is -2.16. The van der Waals surface area contributed by atoms with Gasteiger partial charge in [0, 0.05) is 5.56 Å². The summed E-state index contributed by atoms with van der Waals surface area (Å²) in [5.74, 6) is 0. The summed E-state index contributed by atoms with van der Waals surface area (Å²) in [6.07, 6.45) is 0.596. The van der Waals surface area contributed by atoms with Gasteiger partial charge in [-0.2, -0.15) is 0 Å². The Hall–Kier alpha value is -3.21. The number of amides is 1. The topological polar surface area (TPSA) is 64.1 Å². The molecule has 1 amide bonds. The van der Waals surface area contributed by atoms with Gasteiger partial charge in [-0.15, -0.1) is 0 Å². The first kappa shape index (κ1) is 16.6. The predicted molar refractivity (Wildman–Crippen MR) is 97.2 cm³/mol. The third-order valence-electron chi connectivity index (χ3n) is 3.86. The Kier molecular flexibility index (Phi) is 5.04. The van der Waals surface area contributed by atoms with E-state index in [9.17, 15) is 4.79 Å². The number of anilines is 1. The predicted octanol–water partition coefficient (Wildman–Crippen LogP) is 4.76. The molecule has 0 bridgehead atoms. The van der Waals surface area contributed by atoms with Crippen molar-refractivity contribution in [2.75, 3.05) is 5.32 Å². The highest BCUT2D eigenvalue weighted by Gasteiger charge is 2.16. The van der Waals surface area contributed by atoms with Crippen LogP contribution in [0.15, 0.2) is 67.0 Å². The Bertz CT molecular complexity index is 851. The summed E-state index contributed by atoms with van der Waals surface area (Å²) >= 11 is 0. The number of benzene rings is 2. The third-order valence-corrected chi connectivity index (χ3v) is 3.86. The Morgan fingerprint density at radius 1 is 1.00 bits per heavy atom. The van der Waals surface area contributed by atoms with Gasteiger partial charge in [-0.25, -0.2) is 14.8 Å². The highest BCUT2D eigenvalue weighted by atomic mass is 16.6. The molecular formula is C20H19N3O2. The van der Waals surface area contributed by atoms with E-state index < -0.39 is 6.09 Å². The SMILES string of the molecule is Cc1ncnc(-c2ccccc2)c1NC(=O)OC(C)c1ccccc1. The number of ether oxygens (including phenoxy) is 1. The zero-order valence-corrected chi connectivity index (χ0v) is 14.1. The highest BCUT2D eigenvalue weighted by molar-refractivity contribution is 5.91. The molecule has 25 heavy (non-hydrogen) atoms. The summed E-state index contributed by atoms with van der Waals surface area (Å²) < 4.78 is 5.48. The molecule has 0 spiro atoms. The van der Waals surface area contributed by atoms with Gasteiger partial charge in [-0.05, 0) is 19.4 Å². The van der Waals surface area contributed by atoms with Gasteiger partial charge in [0.1, 0.15) is 12.4 Å². The van der Waals surface area contributed by atoms with Crippen LogP contribution in [-0.2, 0) is 4.74 Å². The minimum atomic E-state index is -0.536. The third kappa shape index (κ3) is 4.01. The Balaban J connectivity index is 1.80. The van der Waals surface area contributed by atoms with Gasteiger partial charge in [-0.1, -0.05) is 60.7 Å². The number of carbonyl (C=O) groups is 1. The smallest absolute Gasteiger partial charge is 0.412 e. The second kappa shape index (κ2) is 7.57. The summed E-state index contributed by atoms with van der Waals surface area (Å²) in [4.78, 5) is 20.8. The fraction of sp³-hybridized carbons (Fsp3) is 0.150. The minimum Gasteiger partial charge on any atom is -0.441 e. The molecule has 0 aliphatic rings. The molecule has 5 heteroatoms. The van der Waals surface area contributed by atoms with Gasteiger partial charge in [0.05, 0.1) is 17.1 Å². The lowest BCUT2D eigenvalue weighted by atomic mass is 10.1. The summed E-state index contributed by atoms with van der Waals surface area (Å²) in [5.41, 5.74) is 3.73. The van der Waals surface area contributed by atoms with Gasteiger partial charge in [0.15, 0.2) is 0 Å². The van der Waals surface area contributed by atoms with E-state index in [2.05, 4.69) is 15.3 Å². The highest BCUT2D eigenvalue weighted by Crippen LogP contribution is 2.28. The summed E-state index contributed by atoms with van der Waals surface area (Å²) in [7, 11) is 0. The van der Waals surface area contributed by atoms with Crippen molar-refractivity contribution in [3.8, 4) is 11.3 Å². The molecule has 1 N–H and O–H groups in total. The number of aromatic nitrogens is 2. The van der Waals surface area contributed by atoms with Crippen LogP contribution in [0.25, 0.3) is 11.3 Å². The van der Waals surface area contributed by atoms with E-state index in [1.807, 2.05) is 74.5 Å². The van der Waals surface area contributed by atoms with Gasteiger partial charge in [0.25, 0.3) is 0 Å². The molecule has 3 aromatic rings. The number of nitrogens with one attached hydrogen (secondary N) is 1. The van der Waals surface area contributed by atoms with Gasteiger partial charge < -0.3 is 4.74 Å². The van der Waals surface area contributed by atoms with E-state index in [0.29, 0.717) is 17.1 Å². The van der Waals surface area contributed by atoms with Crippen molar-refractivity contribution in [3.05, 3.63) is 78.2 Å². The van der Waals surface area contributed by atoms with Crippen molar-refractivity contribution >= 4 is 11.8 Å². The van der Waals surface area contributed by atoms with Crippen molar-refractivity contribution in [2.24, 2.45) is 0 Å². The Morgan fingerprint density at radius 2 is 1.64 bits per heavy atom. The second-order valence-corrected chi connectivity index (χ2v) is 5.63. The van der Waals surface area contributed by atoms with Crippen molar-refractivity contribution < 1.29 is 9.53 Å². The fourth-order valence-corrected chi connectivity index (χ4v) is 2.52. The van der Waals surface area contributed by atoms with E-state index in [0.717, 1.165) is 11.1 Å². The van der Waals surface area contributed by atoms with Crippen LogP contribution in [0, 0.1) is 6.92 Å². The van der Waals surface area contributed by atoms with Crippen LogP contribution in [-0.4, -0.2) is 16.1 Å². The second-order valence-electron chi connectivity index (χ2n) is 5.63. The molecule has 0 radical (unpaired) electrons. The largest absolute Gasteiger partial charge is 0.441 e. The molecule has 3 rings (SSSR count). The van der Waals surface area contributed by atoms with Crippen LogP contribution in [0.4, 0.5) is 10.5 Å². The van der Waals surface area contributed by atoms with Crippen LogP contribution in [0.3, 0.4) is 0 Å². The number of nitrogens with zero attached hydrogens (tertiary/aromatic N) is 2. The fourth-order valence-electron chi connectivity index (χ4n) is 2.52. The zero-order valence-electron chi connectivity index (χ0n) is 14.1. The van der Waals surface area contributed by atoms with Crippen LogP contribution in [0.2, 0.25) is 0 Å². The Labute approximate surface area is 146 Å². The number of rotatable bonds is 4. The van der Waals surface area contributed by atoms with Crippen LogP contribution >= 0.6 is 0 Å². The number of hydrogen-bond donors (Lipinski definition) is 1. The first-order valence-electron chi connectivity index (χ1n) is 8.04. The molecule has 2 aromatic carbocycles. The molecule has 1 aromatic heterocycles. The molecule has 0 fully saturated rings. The molecule has 0 saturated carbocycles. The number of aryl methyl sites for hydroxylation is 1. The van der Waals surface area contributed by atoms with Crippen LogP contribution in [0.1, 0.15) is 24.3 Å². The van der Waals surface area contributed by atoms with Crippen molar-refractivity contribution in [1.82, 2.24) is 9.97 Å². The maximum atomic E-state index is 12.3. The molecule has 0 aliphatic heterocycles. The summed E-state index contributed by atoms with van der Waals surface area (Å²) in [5, 5.41) is 2.79. The quantitative estimate of drug-likeness (QED) is 0.747. The van der Waals surface area contributed by atoms with E-state index in [1.165, 1.54) is 6.33 Å². The summed E-state index contributed by atoms with van der Waals surface area (Å²) in [6.45, 7) is 3.66. The Morgan fingerprint density at radius 3 is 2.32 bits per heavy atom. The average molecular weight is 333 g/mol. The molecule has 5 nitrogen and oxygen atoms in total. The van der Waals surface area contributed by atoms with Gasteiger partial charge in [0.2, 0.25) is 0 Å². The number of hydrogen-bond acceptors (Lipinski definition) is 4. The zero-order chi connectivity index (χ0) is 17.6. The molecule has 1 atom stereocenters. The molecule has 126 valence electrons. The maximum Gasteiger partial charge on any atom is 0.412 e. The van der Waals surface area contributed by atoms with E-state index in [1.54, 1.807) is 0 Å². The standard InChI is InChI=1S/C20H19N3O2/c1-14-18(19(22-13-21-14)17-11-7-4-8-12-17)23-20(24)25-15(2)16-9-5-3-6-10-16/h3-13,15H,1-2H3,(H,23,24). The van der Waals surface area contributed by atoms with Crippen LogP contribution < -0.4 is 5.32 Å². The van der Waals surface area contributed by atoms with Crippen molar-refractivity contribution in [2.45, 2.75) is 20.0 Å². The normalized spacial score (nSPS) is 11.6. The van der Waals surface area contributed by atoms with Gasteiger partial charge in [-0.3, -0.25) is 5.32 Å². The lowest BCUT2D eigenvalue weighted by Crippen LogP contribution is -2.18. The van der Waals surface area contributed by atoms with E-state index in [4.69, 9.17) is 4.74 Å². The first-order chi connectivity index (χ1) is 12.1. The summed E-state index contributed by atoms with van der Waals surface area (Å²) in [6, 6.07) is 19.2. The van der Waals surface area contributed by atoms with Crippen molar-refractivity contribution in [3.63, 3.8) is 0 Å². The van der Waals surface area contributed by atoms with E-state index >= 15 is 0 Å². The van der Waals surface area contributed by atoms with Crippen LogP contribution in [0.5, 0.6) is 0 Å². The van der Waals surface area contributed by atoms with Gasteiger partial charge >= 0.3 is 6.09 Å². The van der Waals surface area contributed by atoms with Crippen molar-refractivity contribution in [1.29, 1.82) is 0 Å². The maximum absolute atomic E-state index is 12.3. The monoisotopic (exact) mass is 333 g/mol. The average Bonchev–Trinajstić information content (AvgIpc) is 2.65.